The number of benzene rings is 1. The summed E-state index contributed by atoms with van der Waals surface area (Å²) in [6.07, 6.45) is 4.39. The second-order valence-electron chi connectivity index (χ2n) is 6.52. The van der Waals surface area contributed by atoms with Crippen molar-refractivity contribution in [2.45, 2.75) is 50.7 Å². The first kappa shape index (κ1) is 13.9. The Bertz CT molecular complexity index is 692. The number of hydrogen-bond acceptors (Lipinski definition) is 4. The molecule has 0 saturated heterocycles. The Labute approximate surface area is 130 Å². The van der Waals surface area contributed by atoms with Crippen molar-refractivity contribution in [2.75, 3.05) is 6.61 Å². The van der Waals surface area contributed by atoms with Crippen molar-refractivity contribution in [3.8, 4) is 0 Å². The second kappa shape index (κ2) is 5.18. The predicted octanol–water partition coefficient (Wildman–Crippen LogP) is 1.85. The van der Waals surface area contributed by atoms with Crippen molar-refractivity contribution in [2.24, 2.45) is 0 Å². The normalized spacial score (nSPS) is 23.7. The molecule has 2 N–H and O–H groups in total. The predicted molar refractivity (Wildman–Crippen MR) is 83.4 cm³/mol. The third-order valence-electron chi connectivity index (χ3n) is 5.06. The average Bonchev–Trinajstić information content (AvgIpc) is 3.22. The SMILES string of the molecule is Cc1nnc(CNC2(CO)CCc3ccccc32)n1C1CC1. The molecule has 2 aliphatic rings. The monoisotopic (exact) mass is 298 g/mol. The van der Waals surface area contributed by atoms with Gasteiger partial charge in [-0.15, -0.1) is 10.2 Å². The number of rotatable bonds is 5. The zero-order valence-corrected chi connectivity index (χ0v) is 12.9. The summed E-state index contributed by atoms with van der Waals surface area (Å²) in [5.41, 5.74) is 2.22. The molecule has 0 bridgehead atoms. The van der Waals surface area contributed by atoms with Crippen LogP contribution in [0.4, 0.5) is 0 Å². The van der Waals surface area contributed by atoms with E-state index in [1.807, 2.05) is 13.0 Å². The Kier molecular flexibility index (Phi) is 3.27. The lowest BCUT2D eigenvalue weighted by Gasteiger charge is -2.29. The van der Waals surface area contributed by atoms with Gasteiger partial charge in [0.1, 0.15) is 11.6 Å². The standard InChI is InChI=1S/C17H22N4O/c1-12-19-20-16(21(12)14-6-7-14)10-18-17(11-22)9-8-13-4-2-3-5-15(13)17/h2-5,14,18,22H,6-11H2,1H3. The Morgan fingerprint density at radius 3 is 2.91 bits per heavy atom. The fourth-order valence-electron chi connectivity index (χ4n) is 3.68. The van der Waals surface area contributed by atoms with Crippen LogP contribution in [0.2, 0.25) is 0 Å². The lowest BCUT2D eigenvalue weighted by atomic mass is 9.92. The lowest BCUT2D eigenvalue weighted by molar-refractivity contribution is 0.157. The molecule has 1 atom stereocenters. The molecule has 4 rings (SSSR count). The van der Waals surface area contributed by atoms with Crippen molar-refractivity contribution in [3.05, 3.63) is 47.0 Å². The van der Waals surface area contributed by atoms with Gasteiger partial charge in [0.15, 0.2) is 0 Å². The Morgan fingerprint density at radius 1 is 1.32 bits per heavy atom. The minimum absolute atomic E-state index is 0.112. The van der Waals surface area contributed by atoms with Gasteiger partial charge in [0, 0.05) is 6.04 Å². The fraction of sp³-hybridized carbons (Fsp3) is 0.529. The summed E-state index contributed by atoms with van der Waals surface area (Å²) < 4.78 is 2.25. The smallest absolute Gasteiger partial charge is 0.147 e. The molecule has 1 heterocycles. The lowest BCUT2D eigenvalue weighted by Crippen LogP contribution is -2.43. The highest BCUT2D eigenvalue weighted by molar-refractivity contribution is 5.38. The van der Waals surface area contributed by atoms with Gasteiger partial charge in [-0.25, -0.2) is 0 Å². The van der Waals surface area contributed by atoms with Crippen molar-refractivity contribution in [1.82, 2.24) is 20.1 Å². The van der Waals surface area contributed by atoms with E-state index in [9.17, 15) is 5.11 Å². The van der Waals surface area contributed by atoms with E-state index in [1.54, 1.807) is 0 Å². The number of aliphatic hydroxyl groups excluding tert-OH is 1. The highest BCUT2D eigenvalue weighted by Crippen LogP contribution is 2.38. The zero-order chi connectivity index (χ0) is 15.2. The second-order valence-corrected chi connectivity index (χ2v) is 6.52. The number of aromatic nitrogens is 3. The van der Waals surface area contributed by atoms with Crippen LogP contribution >= 0.6 is 0 Å². The number of aryl methyl sites for hydroxylation is 2. The maximum Gasteiger partial charge on any atom is 0.147 e. The largest absolute Gasteiger partial charge is 0.394 e. The number of aliphatic hydroxyl groups is 1. The van der Waals surface area contributed by atoms with Crippen molar-refractivity contribution in [3.63, 3.8) is 0 Å². The van der Waals surface area contributed by atoms with Crippen LogP contribution in [0.25, 0.3) is 0 Å². The minimum Gasteiger partial charge on any atom is -0.394 e. The molecule has 1 fully saturated rings. The molecule has 0 spiro atoms. The van der Waals surface area contributed by atoms with Crippen LogP contribution in [0.5, 0.6) is 0 Å². The Hall–Kier alpha value is -1.72. The molecule has 0 radical (unpaired) electrons. The highest BCUT2D eigenvalue weighted by atomic mass is 16.3. The molecule has 1 unspecified atom stereocenters. The molecule has 2 aliphatic carbocycles. The number of fused-ring (bicyclic) bond motifs is 1. The summed E-state index contributed by atoms with van der Waals surface area (Å²) in [6.45, 7) is 2.77. The summed E-state index contributed by atoms with van der Waals surface area (Å²) in [5, 5.41) is 22.2. The summed E-state index contributed by atoms with van der Waals surface area (Å²) in [5.74, 6) is 1.97. The van der Waals surface area contributed by atoms with E-state index >= 15 is 0 Å². The van der Waals surface area contributed by atoms with E-state index in [1.165, 1.54) is 24.0 Å². The van der Waals surface area contributed by atoms with Gasteiger partial charge in [-0.05, 0) is 43.7 Å². The molecule has 1 saturated carbocycles. The van der Waals surface area contributed by atoms with Gasteiger partial charge in [0.05, 0.1) is 18.7 Å². The van der Waals surface area contributed by atoms with Crippen LogP contribution in [0, 0.1) is 6.92 Å². The van der Waals surface area contributed by atoms with Gasteiger partial charge in [0.25, 0.3) is 0 Å². The molecular formula is C17H22N4O. The van der Waals surface area contributed by atoms with Gasteiger partial charge in [-0.1, -0.05) is 24.3 Å². The van der Waals surface area contributed by atoms with E-state index in [2.05, 4.69) is 38.3 Å². The third kappa shape index (κ3) is 2.16. The van der Waals surface area contributed by atoms with Crippen LogP contribution in [0.3, 0.4) is 0 Å². The van der Waals surface area contributed by atoms with E-state index in [0.29, 0.717) is 12.6 Å². The molecule has 1 aromatic heterocycles. The van der Waals surface area contributed by atoms with Gasteiger partial charge in [-0.3, -0.25) is 5.32 Å². The van der Waals surface area contributed by atoms with Gasteiger partial charge < -0.3 is 9.67 Å². The first-order valence-electron chi connectivity index (χ1n) is 8.08. The highest BCUT2D eigenvalue weighted by Gasteiger charge is 2.38. The summed E-state index contributed by atoms with van der Waals surface area (Å²) >= 11 is 0. The van der Waals surface area contributed by atoms with Crippen LogP contribution in [-0.4, -0.2) is 26.5 Å². The van der Waals surface area contributed by atoms with E-state index in [-0.39, 0.29) is 12.1 Å². The van der Waals surface area contributed by atoms with Crippen molar-refractivity contribution < 1.29 is 5.11 Å². The maximum atomic E-state index is 10.0. The number of nitrogens with one attached hydrogen (secondary N) is 1. The van der Waals surface area contributed by atoms with E-state index in [4.69, 9.17) is 0 Å². The Morgan fingerprint density at radius 2 is 2.14 bits per heavy atom. The number of nitrogens with zero attached hydrogens (tertiary/aromatic N) is 3. The summed E-state index contributed by atoms with van der Waals surface area (Å²) in [6, 6.07) is 8.98. The molecule has 22 heavy (non-hydrogen) atoms. The summed E-state index contributed by atoms with van der Waals surface area (Å²) in [7, 11) is 0. The van der Waals surface area contributed by atoms with Gasteiger partial charge >= 0.3 is 0 Å². The molecule has 5 nitrogen and oxygen atoms in total. The Balaban J connectivity index is 1.58. The summed E-state index contributed by atoms with van der Waals surface area (Å²) in [4.78, 5) is 0. The fourth-order valence-corrected chi connectivity index (χ4v) is 3.68. The van der Waals surface area contributed by atoms with Crippen molar-refractivity contribution in [1.29, 1.82) is 0 Å². The average molecular weight is 298 g/mol. The molecule has 2 aromatic rings. The van der Waals surface area contributed by atoms with Crippen LogP contribution < -0.4 is 5.32 Å². The van der Waals surface area contributed by atoms with Crippen LogP contribution in [-0.2, 0) is 18.5 Å². The molecule has 0 aliphatic heterocycles. The van der Waals surface area contributed by atoms with Crippen LogP contribution in [0.15, 0.2) is 24.3 Å². The maximum absolute atomic E-state index is 10.0. The number of hydrogen-bond donors (Lipinski definition) is 2. The third-order valence-corrected chi connectivity index (χ3v) is 5.06. The van der Waals surface area contributed by atoms with E-state index in [0.717, 1.165) is 24.5 Å². The quantitative estimate of drug-likeness (QED) is 0.884. The molecular weight excluding hydrogens is 276 g/mol. The minimum atomic E-state index is -0.342. The van der Waals surface area contributed by atoms with Gasteiger partial charge in [0.2, 0.25) is 0 Å². The molecule has 1 aromatic carbocycles. The zero-order valence-electron chi connectivity index (χ0n) is 12.9. The van der Waals surface area contributed by atoms with Crippen molar-refractivity contribution >= 4 is 0 Å². The van der Waals surface area contributed by atoms with Crippen LogP contribution in [0.1, 0.15) is 48.1 Å². The molecule has 0 amide bonds. The molecule has 116 valence electrons. The first-order valence-corrected chi connectivity index (χ1v) is 8.08. The van der Waals surface area contributed by atoms with Gasteiger partial charge in [-0.2, -0.15) is 0 Å². The topological polar surface area (TPSA) is 63.0 Å². The van der Waals surface area contributed by atoms with E-state index < -0.39 is 0 Å². The first-order chi connectivity index (χ1) is 10.7. The molecule has 5 heteroatoms.